The second-order valence-electron chi connectivity index (χ2n) is 25.1. The third-order valence-corrected chi connectivity index (χ3v) is 18.1. The molecular formula is C70H73F9N6O9. The molecule has 94 heavy (non-hydrogen) atoms. The molecule has 9 aromatic rings. The highest BCUT2D eigenvalue weighted by atomic mass is 19.4. The minimum atomic E-state index is -4.92. The lowest BCUT2D eigenvalue weighted by atomic mass is 9.84. The molecule has 0 spiro atoms. The van der Waals surface area contributed by atoms with Crippen molar-refractivity contribution in [1.29, 1.82) is 0 Å². The van der Waals surface area contributed by atoms with E-state index in [1.807, 2.05) is 6.07 Å². The molecule has 9 N–H and O–H groups in total. The van der Waals surface area contributed by atoms with Gasteiger partial charge in [-0.2, -0.15) is 54.8 Å². The molecule has 6 aromatic carbocycles. The Balaban J connectivity index is 0.000000166. The molecule has 0 fully saturated rings. The minimum Gasteiger partial charge on any atom is -0.394 e. The summed E-state index contributed by atoms with van der Waals surface area (Å²) in [6, 6.07) is 29.4. The molecule has 3 atom stereocenters. The Kier molecular flexibility index (Phi) is 19.1. The van der Waals surface area contributed by atoms with Gasteiger partial charge in [0.1, 0.15) is 11.1 Å². The fourth-order valence-corrected chi connectivity index (χ4v) is 12.5. The Morgan fingerprint density at radius 3 is 1.21 bits per heavy atom. The maximum atomic E-state index is 14.4. The summed E-state index contributed by atoms with van der Waals surface area (Å²) < 4.78 is 131. The number of benzene rings is 6. The molecule has 24 heteroatoms. The van der Waals surface area contributed by atoms with Crippen LogP contribution in [0.25, 0.3) is 66.8 Å². The van der Waals surface area contributed by atoms with Gasteiger partial charge in [0, 0.05) is 68.7 Å². The monoisotopic (exact) mass is 1310 g/mol. The van der Waals surface area contributed by atoms with Gasteiger partial charge >= 0.3 is 18.5 Å². The molecule has 0 saturated heterocycles. The van der Waals surface area contributed by atoms with Crippen LogP contribution in [0.1, 0.15) is 99.9 Å². The SMILES string of the molecule is C.CC(C)(C)CCc1cc(-c2cnn(C(CO)CO)c2)c2c(c1)C(O)(C(F)(F)F)c1ccccc1-2.CC(CO)(CO)n1cc(-c2cccc3c2-c2ccccc2C3(O)C(F)(F)F)cn1.CCC(CO)(CO)n1cc(-c2cccc3c2-c2ccccc2C3(O)C(F)(F)F)cn1. The average Bonchev–Trinajstić information content (AvgIpc) is 1.56. The van der Waals surface area contributed by atoms with Crippen LogP contribution in [0.2, 0.25) is 0 Å². The van der Waals surface area contributed by atoms with Gasteiger partial charge in [-0.05, 0) is 87.2 Å². The molecule has 0 bridgehead atoms. The zero-order valence-electron chi connectivity index (χ0n) is 51.1. The summed E-state index contributed by atoms with van der Waals surface area (Å²) in [6.45, 7) is 7.52. The molecule has 3 heterocycles. The van der Waals surface area contributed by atoms with E-state index < -0.39 is 52.5 Å². The van der Waals surface area contributed by atoms with Crippen molar-refractivity contribution in [3.8, 4) is 66.8 Å². The highest BCUT2D eigenvalue weighted by Gasteiger charge is 2.63. The Morgan fingerprint density at radius 2 is 0.809 bits per heavy atom. The molecule has 15 nitrogen and oxygen atoms in total. The van der Waals surface area contributed by atoms with E-state index in [1.165, 1.54) is 99.4 Å². The first-order valence-corrected chi connectivity index (χ1v) is 29.7. The maximum absolute atomic E-state index is 14.4. The van der Waals surface area contributed by atoms with Gasteiger partial charge in [0.2, 0.25) is 16.8 Å². The Morgan fingerprint density at radius 1 is 0.436 bits per heavy atom. The summed E-state index contributed by atoms with van der Waals surface area (Å²) in [6.07, 6.45) is -3.80. The summed E-state index contributed by atoms with van der Waals surface area (Å²) in [5.74, 6) is 0. The van der Waals surface area contributed by atoms with Gasteiger partial charge < -0.3 is 46.0 Å². The fraction of sp³-hybridized carbons (Fsp3) is 0.357. The number of aryl methyl sites for hydroxylation is 1. The van der Waals surface area contributed by atoms with E-state index in [2.05, 4.69) is 36.1 Å². The third kappa shape index (κ3) is 11.5. The summed E-state index contributed by atoms with van der Waals surface area (Å²) in [5, 5.41) is 103. The molecule has 3 aliphatic rings. The number of aliphatic hydroxyl groups is 9. The second kappa shape index (κ2) is 25.6. The smallest absolute Gasteiger partial charge is 0.394 e. The quantitative estimate of drug-likeness (QED) is 0.0436. The van der Waals surface area contributed by atoms with Crippen LogP contribution in [0, 0.1) is 5.41 Å². The molecule has 0 radical (unpaired) electrons. The number of hydrogen-bond donors (Lipinski definition) is 9. The number of fused-ring (bicyclic) bond motifs is 9. The summed E-state index contributed by atoms with van der Waals surface area (Å²) in [4.78, 5) is 0. The highest BCUT2D eigenvalue weighted by Crippen LogP contribution is 2.60. The number of hydrogen-bond acceptors (Lipinski definition) is 12. The number of aliphatic hydroxyl groups excluding tert-OH is 6. The molecule has 0 aliphatic heterocycles. The summed E-state index contributed by atoms with van der Waals surface area (Å²) >= 11 is 0. The first-order chi connectivity index (χ1) is 43.8. The number of rotatable bonds is 15. The van der Waals surface area contributed by atoms with Crippen molar-refractivity contribution in [2.45, 2.75) is 114 Å². The van der Waals surface area contributed by atoms with Crippen molar-refractivity contribution < 1.29 is 85.5 Å². The summed E-state index contributed by atoms with van der Waals surface area (Å²) in [7, 11) is 0. The van der Waals surface area contributed by atoms with Gasteiger partial charge in [0.25, 0.3) is 0 Å². The van der Waals surface area contributed by atoms with Crippen LogP contribution in [0.5, 0.6) is 0 Å². The zero-order valence-corrected chi connectivity index (χ0v) is 51.1. The van der Waals surface area contributed by atoms with Crippen molar-refractivity contribution in [3.05, 3.63) is 197 Å². The van der Waals surface area contributed by atoms with Crippen molar-refractivity contribution in [2.24, 2.45) is 5.41 Å². The molecule has 3 aliphatic carbocycles. The maximum Gasteiger partial charge on any atom is 0.425 e. The highest BCUT2D eigenvalue weighted by molar-refractivity contribution is 5.95. The lowest BCUT2D eigenvalue weighted by Crippen LogP contribution is -2.41. The van der Waals surface area contributed by atoms with Crippen LogP contribution in [-0.2, 0) is 34.3 Å². The van der Waals surface area contributed by atoms with Gasteiger partial charge in [-0.1, -0.05) is 156 Å². The first-order valence-electron chi connectivity index (χ1n) is 29.7. The molecule has 0 saturated carbocycles. The predicted molar refractivity (Wildman–Crippen MR) is 334 cm³/mol. The average molecular weight is 1310 g/mol. The van der Waals surface area contributed by atoms with E-state index in [1.54, 1.807) is 81.0 Å². The zero-order chi connectivity index (χ0) is 67.6. The van der Waals surface area contributed by atoms with E-state index in [4.69, 9.17) is 0 Å². The number of nitrogens with zero attached hydrogens (tertiary/aromatic N) is 6. The predicted octanol–water partition coefficient (Wildman–Crippen LogP) is 11.9. The molecule has 3 unspecified atom stereocenters. The molecule has 3 aromatic heterocycles. The van der Waals surface area contributed by atoms with Crippen LogP contribution in [0.3, 0.4) is 0 Å². The third-order valence-electron chi connectivity index (χ3n) is 18.1. The molecule has 12 rings (SSSR count). The Hall–Kier alpha value is -8.04. The van der Waals surface area contributed by atoms with E-state index in [0.717, 1.165) is 6.42 Å². The molecule has 500 valence electrons. The molecular weight excluding hydrogens is 1240 g/mol. The van der Waals surface area contributed by atoms with E-state index in [9.17, 15) is 85.5 Å². The van der Waals surface area contributed by atoms with Gasteiger partial charge in [0.15, 0.2) is 0 Å². The van der Waals surface area contributed by atoms with Crippen LogP contribution >= 0.6 is 0 Å². The van der Waals surface area contributed by atoms with Gasteiger partial charge in [-0.25, -0.2) is 0 Å². The topological polar surface area (TPSA) is 236 Å². The minimum absolute atomic E-state index is 0. The normalized spacial score (nSPS) is 18.0. The Labute approximate surface area is 535 Å². The second-order valence-corrected chi connectivity index (χ2v) is 25.1. The van der Waals surface area contributed by atoms with Crippen LogP contribution in [0.15, 0.2) is 159 Å². The van der Waals surface area contributed by atoms with Crippen LogP contribution < -0.4 is 0 Å². The fourth-order valence-electron chi connectivity index (χ4n) is 12.5. The largest absolute Gasteiger partial charge is 0.425 e. The first kappa shape index (κ1) is 70.3. The van der Waals surface area contributed by atoms with E-state index >= 15 is 0 Å². The van der Waals surface area contributed by atoms with Crippen LogP contribution in [0.4, 0.5) is 39.5 Å². The van der Waals surface area contributed by atoms with E-state index in [0.29, 0.717) is 79.6 Å². The van der Waals surface area contributed by atoms with Gasteiger partial charge in [0.05, 0.1) is 64.3 Å². The van der Waals surface area contributed by atoms with Crippen molar-refractivity contribution in [3.63, 3.8) is 0 Å². The number of halogens is 9. The van der Waals surface area contributed by atoms with Crippen molar-refractivity contribution in [2.75, 3.05) is 39.6 Å². The number of aromatic nitrogens is 6. The lowest BCUT2D eigenvalue weighted by molar-refractivity contribution is -0.247. The van der Waals surface area contributed by atoms with Crippen molar-refractivity contribution in [1.82, 2.24) is 29.3 Å². The van der Waals surface area contributed by atoms with E-state index in [-0.39, 0.29) is 91.4 Å². The molecule has 0 amide bonds. The van der Waals surface area contributed by atoms with Gasteiger partial charge in [-0.15, -0.1) is 0 Å². The standard InChI is InChI=1S/C26H29F3N2O3.C22H21F3N2O3.C21H19F3N2O3.CH4/c1-24(2,3)9-8-16-10-20(17-12-30-31(13-17)18(14-32)15-33)23-19-6-4-5-7-21(19)25(34,22(23)11-16)26(27,28)29;1-2-20(12-28,13-29)27-11-14(10-26-27)15-7-5-9-18-19(15)16-6-3-4-8-17(16)21(18,30)22(23,24)25;1-19(11-27,12-28)26-10-13(9-25-26)14-6-4-8-17-18(14)15-5-2-3-7-16(15)20(17,29)21(22,23)24;/h4-7,10-13,18,32-34H,8-9,14-15H2,1-3H3;3-11,28-30H,2,12-13H2,1H3;2-10,27-29H,11-12H2,1H3;1H4. The van der Waals surface area contributed by atoms with Crippen LogP contribution in [-0.4, -0.2) is 133 Å². The van der Waals surface area contributed by atoms with Gasteiger partial charge in [-0.3, -0.25) is 14.0 Å². The van der Waals surface area contributed by atoms with Crippen molar-refractivity contribution >= 4 is 0 Å². The summed E-state index contributed by atoms with van der Waals surface area (Å²) in [5.41, 5.74) is -7.11. The number of alkyl halides is 9. The Bertz CT molecular complexity index is 4190. The lowest BCUT2D eigenvalue weighted by Gasteiger charge is -2.29.